The average Bonchev–Trinajstić information content (AvgIpc) is 3.81. The van der Waals surface area contributed by atoms with Crippen LogP contribution in [0.5, 0.6) is 5.75 Å². The van der Waals surface area contributed by atoms with Crippen LogP contribution < -0.4 is 10.3 Å². The van der Waals surface area contributed by atoms with Gasteiger partial charge in [0.2, 0.25) is 0 Å². The average molecular weight is 550 g/mol. The van der Waals surface area contributed by atoms with E-state index >= 15 is 0 Å². The topological polar surface area (TPSA) is 95.5 Å². The highest BCUT2D eigenvalue weighted by atomic mass is 16.5. The standard InChI is InChI=1S/C34H35N3O4/c1-22(2)41-27-14-7-10-24(20-27)23-9-6-11-25(19-23)30(38)32(40)37-18-8-15-29-28(21-37)31(39)36-33(35-29)34(16-17-34)26-12-4-3-5-13-26/h3-7,9-14,19-20,22,30,38H,8,15-18,21H2,1-2H3,(H,35,36,39)/t30-/m1/s1. The number of benzene rings is 3. The van der Waals surface area contributed by atoms with Gasteiger partial charge >= 0.3 is 0 Å². The molecule has 1 aromatic heterocycles. The predicted octanol–water partition coefficient (Wildman–Crippen LogP) is 5.31. The van der Waals surface area contributed by atoms with Crippen LogP contribution in [0.2, 0.25) is 0 Å². The molecule has 3 aromatic carbocycles. The van der Waals surface area contributed by atoms with Crippen molar-refractivity contribution in [3.8, 4) is 16.9 Å². The van der Waals surface area contributed by atoms with Gasteiger partial charge in [0.15, 0.2) is 6.10 Å². The molecule has 1 fully saturated rings. The number of carbonyl (C=O) groups excluding carboxylic acids is 1. The highest BCUT2D eigenvalue weighted by molar-refractivity contribution is 5.83. The Labute approximate surface area is 239 Å². The quantitative estimate of drug-likeness (QED) is 0.326. The molecule has 7 nitrogen and oxygen atoms in total. The summed E-state index contributed by atoms with van der Waals surface area (Å²) in [6, 6.07) is 25.3. The third kappa shape index (κ3) is 5.42. The third-order valence-corrected chi connectivity index (χ3v) is 8.11. The second-order valence-electron chi connectivity index (χ2n) is 11.4. The zero-order valence-electron chi connectivity index (χ0n) is 23.5. The predicted molar refractivity (Wildman–Crippen MR) is 158 cm³/mol. The summed E-state index contributed by atoms with van der Waals surface area (Å²) in [7, 11) is 0. The first kappa shape index (κ1) is 27.0. The van der Waals surface area contributed by atoms with E-state index in [1.54, 1.807) is 11.0 Å². The largest absolute Gasteiger partial charge is 0.491 e. The number of fused-ring (bicyclic) bond motifs is 1. The van der Waals surface area contributed by atoms with E-state index in [-0.39, 0.29) is 23.6 Å². The van der Waals surface area contributed by atoms with E-state index in [1.807, 2.05) is 74.5 Å². The molecule has 0 saturated heterocycles. The molecule has 1 aliphatic heterocycles. The fourth-order valence-electron chi connectivity index (χ4n) is 5.81. The summed E-state index contributed by atoms with van der Waals surface area (Å²) in [4.78, 5) is 36.5. The van der Waals surface area contributed by atoms with Crippen LogP contribution in [0.4, 0.5) is 0 Å². The van der Waals surface area contributed by atoms with E-state index < -0.39 is 12.0 Å². The number of H-pyrrole nitrogens is 1. The zero-order valence-corrected chi connectivity index (χ0v) is 23.5. The van der Waals surface area contributed by atoms with Gasteiger partial charge in [0.1, 0.15) is 11.6 Å². The van der Waals surface area contributed by atoms with Gasteiger partial charge in [-0.25, -0.2) is 4.98 Å². The number of amides is 1. The third-order valence-electron chi connectivity index (χ3n) is 8.11. The SMILES string of the molecule is CC(C)Oc1cccc(-c2cccc([C@@H](O)C(=O)N3CCCc4nc(C5(c6ccccc6)CC5)[nH]c(=O)c4C3)c2)c1. The van der Waals surface area contributed by atoms with Crippen molar-refractivity contribution < 1.29 is 14.6 Å². The number of hydrogen-bond donors (Lipinski definition) is 2. The number of aryl methyl sites for hydroxylation is 1. The van der Waals surface area contributed by atoms with Gasteiger partial charge in [-0.2, -0.15) is 0 Å². The maximum atomic E-state index is 13.5. The zero-order chi connectivity index (χ0) is 28.6. The minimum Gasteiger partial charge on any atom is -0.491 e. The molecule has 2 heterocycles. The van der Waals surface area contributed by atoms with E-state index in [2.05, 4.69) is 17.1 Å². The summed E-state index contributed by atoms with van der Waals surface area (Å²) >= 11 is 0. The maximum absolute atomic E-state index is 13.5. The molecule has 0 radical (unpaired) electrons. The van der Waals surface area contributed by atoms with Crippen molar-refractivity contribution in [1.82, 2.24) is 14.9 Å². The van der Waals surface area contributed by atoms with E-state index in [1.165, 1.54) is 0 Å². The molecule has 4 aromatic rings. The van der Waals surface area contributed by atoms with Crippen molar-refractivity contribution in [2.24, 2.45) is 0 Å². The molecule has 6 rings (SSSR count). The Bertz CT molecular complexity index is 1620. The van der Waals surface area contributed by atoms with Crippen LogP contribution in [0.25, 0.3) is 11.1 Å². The number of rotatable bonds is 7. The lowest BCUT2D eigenvalue weighted by Gasteiger charge is -2.24. The molecule has 7 heteroatoms. The molecule has 41 heavy (non-hydrogen) atoms. The van der Waals surface area contributed by atoms with Crippen LogP contribution in [0, 0.1) is 0 Å². The van der Waals surface area contributed by atoms with E-state index in [9.17, 15) is 14.7 Å². The Kier molecular flexibility index (Phi) is 7.22. The maximum Gasteiger partial charge on any atom is 0.256 e. The molecule has 0 unspecified atom stereocenters. The fourth-order valence-corrected chi connectivity index (χ4v) is 5.81. The summed E-state index contributed by atoms with van der Waals surface area (Å²) in [5, 5.41) is 11.2. The minimum atomic E-state index is -1.34. The highest BCUT2D eigenvalue weighted by Gasteiger charge is 2.48. The van der Waals surface area contributed by atoms with E-state index in [4.69, 9.17) is 9.72 Å². The normalized spacial score (nSPS) is 16.5. The Morgan fingerprint density at radius 3 is 2.46 bits per heavy atom. The van der Waals surface area contributed by atoms with Crippen LogP contribution in [0.3, 0.4) is 0 Å². The first-order chi connectivity index (χ1) is 19.8. The van der Waals surface area contributed by atoms with Gasteiger partial charge in [-0.05, 0) is 80.0 Å². The number of aromatic amines is 1. The molecular formula is C34H35N3O4. The number of nitrogens with zero attached hydrogens (tertiary/aromatic N) is 2. The molecule has 2 N–H and O–H groups in total. The molecule has 0 bridgehead atoms. The van der Waals surface area contributed by atoms with Crippen molar-refractivity contribution in [1.29, 1.82) is 0 Å². The monoisotopic (exact) mass is 549 g/mol. The van der Waals surface area contributed by atoms with Crippen molar-refractivity contribution in [2.45, 2.75) is 63.7 Å². The number of aromatic nitrogens is 2. The van der Waals surface area contributed by atoms with Crippen LogP contribution in [0.1, 0.15) is 67.4 Å². The van der Waals surface area contributed by atoms with Gasteiger partial charge in [0.25, 0.3) is 11.5 Å². The lowest BCUT2D eigenvalue weighted by Crippen LogP contribution is -2.36. The van der Waals surface area contributed by atoms with Crippen LogP contribution in [-0.4, -0.2) is 38.5 Å². The van der Waals surface area contributed by atoms with Gasteiger partial charge in [-0.3, -0.25) is 9.59 Å². The van der Waals surface area contributed by atoms with Crippen LogP contribution in [0.15, 0.2) is 83.7 Å². The van der Waals surface area contributed by atoms with Crippen LogP contribution in [-0.2, 0) is 23.2 Å². The van der Waals surface area contributed by atoms with Crippen molar-refractivity contribution in [3.63, 3.8) is 0 Å². The van der Waals surface area contributed by atoms with Crippen molar-refractivity contribution in [2.75, 3.05) is 6.54 Å². The Hall–Kier alpha value is -4.23. The number of ether oxygens (including phenoxy) is 1. The van der Waals surface area contributed by atoms with Gasteiger partial charge in [0, 0.05) is 6.54 Å². The smallest absolute Gasteiger partial charge is 0.256 e. The molecule has 0 spiro atoms. The summed E-state index contributed by atoms with van der Waals surface area (Å²) < 4.78 is 5.83. The number of carbonyl (C=O) groups is 1. The van der Waals surface area contributed by atoms with E-state index in [0.717, 1.165) is 41.0 Å². The Morgan fingerprint density at radius 2 is 1.73 bits per heavy atom. The molecule has 1 aliphatic carbocycles. The van der Waals surface area contributed by atoms with Gasteiger partial charge in [-0.15, -0.1) is 0 Å². The second kappa shape index (κ2) is 11.0. The summed E-state index contributed by atoms with van der Waals surface area (Å²) in [6.45, 7) is 4.53. The van der Waals surface area contributed by atoms with Crippen molar-refractivity contribution >= 4 is 5.91 Å². The lowest BCUT2D eigenvalue weighted by molar-refractivity contribution is -0.141. The fraction of sp³-hybridized carbons (Fsp3) is 0.324. The van der Waals surface area contributed by atoms with Crippen molar-refractivity contribution in [3.05, 3.63) is 117 Å². The first-order valence-electron chi connectivity index (χ1n) is 14.4. The number of nitrogens with one attached hydrogen (secondary N) is 1. The second-order valence-corrected chi connectivity index (χ2v) is 11.4. The summed E-state index contributed by atoms with van der Waals surface area (Å²) in [5.74, 6) is 1.06. The van der Waals surface area contributed by atoms with E-state index in [0.29, 0.717) is 36.3 Å². The van der Waals surface area contributed by atoms with Gasteiger partial charge in [-0.1, -0.05) is 60.7 Å². The number of aliphatic hydroxyl groups excluding tert-OH is 1. The Morgan fingerprint density at radius 1 is 1.00 bits per heavy atom. The summed E-state index contributed by atoms with van der Waals surface area (Å²) in [6.07, 6.45) is 1.89. The molecule has 2 aliphatic rings. The first-order valence-corrected chi connectivity index (χ1v) is 14.4. The number of hydrogen-bond acceptors (Lipinski definition) is 5. The highest BCUT2D eigenvalue weighted by Crippen LogP contribution is 2.52. The minimum absolute atomic E-state index is 0.0579. The molecule has 210 valence electrons. The summed E-state index contributed by atoms with van der Waals surface area (Å²) in [5.41, 5.74) is 4.31. The van der Waals surface area contributed by atoms with Gasteiger partial charge < -0.3 is 19.7 Å². The molecular weight excluding hydrogens is 514 g/mol. The number of aliphatic hydroxyl groups is 1. The lowest BCUT2D eigenvalue weighted by atomic mass is 9.94. The van der Waals surface area contributed by atoms with Crippen LogP contribution >= 0.6 is 0 Å². The molecule has 1 atom stereocenters. The van der Waals surface area contributed by atoms with Gasteiger partial charge in [0.05, 0.1) is 29.3 Å². The molecule has 1 saturated carbocycles. The molecule has 1 amide bonds. The Balaban J connectivity index is 1.22.